The van der Waals surface area contributed by atoms with Crippen molar-refractivity contribution < 1.29 is 8.63 Å². The number of nitrogens with two attached hydrogens (primary N) is 1. The Balaban J connectivity index is 1.82. The molecule has 1 unspecified atom stereocenters. The minimum atomic E-state index is -1.37. The second kappa shape index (κ2) is 5.33. The molecule has 0 aliphatic heterocycles. The van der Waals surface area contributed by atoms with E-state index >= 15 is 0 Å². The summed E-state index contributed by atoms with van der Waals surface area (Å²) in [7, 11) is -1.37. The number of hydrogen-bond acceptors (Lipinski definition) is 5. The lowest BCUT2D eigenvalue weighted by atomic mass is 10.3. The highest BCUT2D eigenvalue weighted by Gasteiger charge is 2.15. The molecule has 0 saturated heterocycles. The first-order valence-corrected chi connectivity index (χ1v) is 7.93. The molecule has 1 aromatic carbocycles. The Labute approximate surface area is 124 Å². The second-order valence-corrected chi connectivity index (χ2v) is 6.41. The van der Waals surface area contributed by atoms with E-state index < -0.39 is 10.8 Å². The molecule has 0 spiro atoms. The summed E-state index contributed by atoms with van der Waals surface area (Å²) in [6.07, 6.45) is 1.88. The van der Waals surface area contributed by atoms with Gasteiger partial charge in [0.15, 0.2) is 5.58 Å². The molecule has 2 N–H and O–H groups in total. The highest BCUT2D eigenvalue weighted by molar-refractivity contribution is 7.84. The largest absolute Gasteiger partial charge is 0.430 e. The number of benzene rings is 1. The Morgan fingerprint density at radius 2 is 2.19 bits per heavy atom. The predicted molar refractivity (Wildman–Crippen MR) is 81.1 cm³/mol. The molecule has 7 heteroatoms. The molecule has 0 aliphatic rings. The number of fused-ring (bicyclic) bond motifs is 1. The van der Waals surface area contributed by atoms with Crippen LogP contribution in [0.5, 0.6) is 0 Å². The molecule has 0 fully saturated rings. The van der Waals surface area contributed by atoms with Crippen LogP contribution in [-0.4, -0.2) is 19.0 Å². The summed E-state index contributed by atoms with van der Waals surface area (Å²) in [6, 6.07) is 7.30. The molecule has 0 saturated carbocycles. The average Bonchev–Trinajstić information content (AvgIpc) is 3.04. The van der Waals surface area contributed by atoms with Gasteiger partial charge in [-0.1, -0.05) is 0 Å². The van der Waals surface area contributed by atoms with Gasteiger partial charge in [0.25, 0.3) is 5.22 Å². The van der Waals surface area contributed by atoms with E-state index in [0.717, 1.165) is 5.69 Å². The highest BCUT2D eigenvalue weighted by Crippen LogP contribution is 2.21. The lowest BCUT2D eigenvalue weighted by Gasteiger charge is -2.03. The SMILES string of the molecule is CC(C)n1ccc(CS(=O)c2nc3ccc(N)cc3o2)n1. The van der Waals surface area contributed by atoms with Crippen molar-refractivity contribution in [3.63, 3.8) is 0 Å². The van der Waals surface area contributed by atoms with Crippen molar-refractivity contribution in [3.05, 3.63) is 36.2 Å². The summed E-state index contributed by atoms with van der Waals surface area (Å²) in [5, 5.41) is 4.58. The van der Waals surface area contributed by atoms with E-state index in [0.29, 0.717) is 16.8 Å². The molecule has 0 bridgehead atoms. The minimum Gasteiger partial charge on any atom is -0.430 e. The Bertz CT molecular complexity index is 806. The summed E-state index contributed by atoms with van der Waals surface area (Å²) in [4.78, 5) is 4.23. The third-order valence-corrected chi connectivity index (χ3v) is 4.18. The van der Waals surface area contributed by atoms with Crippen LogP contribution in [0.25, 0.3) is 11.1 Å². The van der Waals surface area contributed by atoms with Gasteiger partial charge in [-0.05, 0) is 32.0 Å². The maximum absolute atomic E-state index is 12.3. The maximum Gasteiger partial charge on any atom is 0.288 e. The van der Waals surface area contributed by atoms with Gasteiger partial charge in [0.1, 0.15) is 16.3 Å². The molecule has 1 atom stereocenters. The van der Waals surface area contributed by atoms with Crippen molar-refractivity contribution in [2.24, 2.45) is 0 Å². The van der Waals surface area contributed by atoms with Gasteiger partial charge in [0, 0.05) is 24.0 Å². The Hall–Kier alpha value is -2.15. The van der Waals surface area contributed by atoms with Crippen LogP contribution >= 0.6 is 0 Å². The van der Waals surface area contributed by atoms with E-state index in [1.165, 1.54) is 0 Å². The van der Waals surface area contributed by atoms with Crippen molar-refractivity contribution >= 4 is 27.6 Å². The zero-order chi connectivity index (χ0) is 15.0. The van der Waals surface area contributed by atoms with Crippen LogP contribution in [0.3, 0.4) is 0 Å². The molecule has 0 radical (unpaired) electrons. The number of hydrogen-bond donors (Lipinski definition) is 1. The highest BCUT2D eigenvalue weighted by atomic mass is 32.2. The summed E-state index contributed by atoms with van der Waals surface area (Å²) >= 11 is 0. The fourth-order valence-electron chi connectivity index (χ4n) is 1.96. The normalized spacial score (nSPS) is 13.1. The first-order chi connectivity index (χ1) is 10.0. The van der Waals surface area contributed by atoms with Gasteiger partial charge in [0.05, 0.1) is 11.4 Å². The van der Waals surface area contributed by atoms with Crippen molar-refractivity contribution in [2.75, 3.05) is 5.73 Å². The molecule has 6 nitrogen and oxygen atoms in total. The minimum absolute atomic E-state index is 0.203. The van der Waals surface area contributed by atoms with Crippen molar-refractivity contribution in [3.8, 4) is 0 Å². The van der Waals surface area contributed by atoms with Crippen LogP contribution in [-0.2, 0) is 16.6 Å². The van der Waals surface area contributed by atoms with Crippen molar-refractivity contribution in [1.82, 2.24) is 14.8 Å². The van der Waals surface area contributed by atoms with Crippen LogP contribution in [0.2, 0.25) is 0 Å². The Morgan fingerprint density at radius 3 is 2.90 bits per heavy atom. The molecule has 2 aromatic heterocycles. The van der Waals surface area contributed by atoms with Gasteiger partial charge in [-0.15, -0.1) is 0 Å². The number of oxazole rings is 1. The van der Waals surface area contributed by atoms with Crippen LogP contribution in [0.1, 0.15) is 25.6 Å². The third kappa shape index (κ3) is 2.82. The zero-order valence-electron chi connectivity index (χ0n) is 11.8. The number of nitrogen functional groups attached to an aromatic ring is 1. The first kappa shape index (κ1) is 13.8. The number of nitrogens with zero attached hydrogens (tertiary/aromatic N) is 3. The third-order valence-electron chi connectivity index (χ3n) is 3.06. The van der Waals surface area contributed by atoms with Gasteiger partial charge in [-0.3, -0.25) is 4.68 Å². The fraction of sp³-hybridized carbons (Fsp3) is 0.286. The summed E-state index contributed by atoms with van der Waals surface area (Å²) in [5.74, 6) is 0.280. The zero-order valence-corrected chi connectivity index (χ0v) is 12.6. The molecule has 2 heterocycles. The molecule has 0 amide bonds. The van der Waals surface area contributed by atoms with Crippen LogP contribution in [0.4, 0.5) is 5.69 Å². The molecule has 21 heavy (non-hydrogen) atoms. The molecular formula is C14H16N4O2S. The van der Waals surface area contributed by atoms with Gasteiger partial charge < -0.3 is 10.2 Å². The molecule has 110 valence electrons. The van der Waals surface area contributed by atoms with E-state index in [1.54, 1.807) is 18.2 Å². The summed E-state index contributed by atoms with van der Waals surface area (Å²) in [6.45, 7) is 4.08. The predicted octanol–water partition coefficient (Wildman–Crippen LogP) is 2.50. The molecule has 3 rings (SSSR count). The number of aromatic nitrogens is 3. The van der Waals surface area contributed by atoms with Gasteiger partial charge in [-0.25, -0.2) is 9.19 Å². The first-order valence-electron chi connectivity index (χ1n) is 6.61. The van der Waals surface area contributed by atoms with Crippen LogP contribution < -0.4 is 5.73 Å². The van der Waals surface area contributed by atoms with Gasteiger partial charge in [0.2, 0.25) is 0 Å². The Kier molecular flexibility index (Phi) is 3.50. The summed E-state index contributed by atoms with van der Waals surface area (Å²) < 4.78 is 19.7. The lowest BCUT2D eigenvalue weighted by molar-refractivity contribution is 0.477. The van der Waals surface area contributed by atoms with Crippen molar-refractivity contribution in [2.45, 2.75) is 30.9 Å². The second-order valence-electron chi connectivity index (χ2n) is 5.08. The molecular weight excluding hydrogens is 288 g/mol. The molecule has 0 aliphatic carbocycles. The fourth-order valence-corrected chi connectivity index (χ4v) is 2.88. The average molecular weight is 304 g/mol. The van der Waals surface area contributed by atoms with E-state index in [4.69, 9.17) is 10.2 Å². The number of anilines is 1. The van der Waals surface area contributed by atoms with E-state index in [-0.39, 0.29) is 17.0 Å². The quantitative estimate of drug-likeness (QED) is 0.748. The summed E-state index contributed by atoms with van der Waals surface area (Å²) in [5.41, 5.74) is 8.23. The van der Waals surface area contributed by atoms with Gasteiger partial charge >= 0.3 is 0 Å². The van der Waals surface area contributed by atoms with E-state index in [1.807, 2.05) is 30.8 Å². The maximum atomic E-state index is 12.3. The Morgan fingerprint density at radius 1 is 1.38 bits per heavy atom. The van der Waals surface area contributed by atoms with E-state index in [2.05, 4.69) is 10.1 Å². The topological polar surface area (TPSA) is 86.9 Å². The smallest absolute Gasteiger partial charge is 0.288 e. The van der Waals surface area contributed by atoms with Gasteiger partial charge in [-0.2, -0.15) is 5.10 Å². The molecule has 3 aromatic rings. The van der Waals surface area contributed by atoms with E-state index in [9.17, 15) is 4.21 Å². The van der Waals surface area contributed by atoms with Crippen molar-refractivity contribution in [1.29, 1.82) is 0 Å². The monoisotopic (exact) mass is 304 g/mol. The lowest BCUT2D eigenvalue weighted by Crippen LogP contribution is -2.03. The van der Waals surface area contributed by atoms with Crippen LogP contribution in [0.15, 0.2) is 40.1 Å². The number of rotatable bonds is 4. The van der Waals surface area contributed by atoms with Crippen LogP contribution in [0, 0.1) is 0 Å². The standard InChI is InChI=1S/C14H16N4O2S/c1-9(2)18-6-5-11(17-18)8-21(19)14-16-12-4-3-10(15)7-13(12)20-14/h3-7,9H,8,15H2,1-2H3.